The van der Waals surface area contributed by atoms with Crippen molar-refractivity contribution in [3.05, 3.63) is 0 Å². The van der Waals surface area contributed by atoms with Gasteiger partial charge >= 0.3 is 0 Å². The van der Waals surface area contributed by atoms with Gasteiger partial charge in [-0.05, 0) is 20.9 Å². The molecule has 1 fully saturated rings. The van der Waals surface area contributed by atoms with Crippen LogP contribution in [0.25, 0.3) is 0 Å². The van der Waals surface area contributed by atoms with Crippen LogP contribution in [0, 0.1) is 0 Å². The summed E-state index contributed by atoms with van der Waals surface area (Å²) in [6.45, 7) is 6.58. The van der Waals surface area contributed by atoms with Crippen LogP contribution in [0.3, 0.4) is 0 Å². The second-order valence-electron chi connectivity index (χ2n) is 3.66. The molecule has 0 amide bonds. The second-order valence-corrected chi connectivity index (χ2v) is 3.66. The monoisotopic (exact) mass is 172 g/mol. The smallest absolute Gasteiger partial charge is 0.0695 e. The van der Waals surface area contributed by atoms with E-state index >= 15 is 0 Å². The summed E-state index contributed by atoms with van der Waals surface area (Å²) in [6, 6.07) is 1.21. The molecule has 0 spiro atoms. The van der Waals surface area contributed by atoms with Crippen LogP contribution in [0.2, 0.25) is 0 Å². The minimum absolute atomic E-state index is 0.315. The standard InChI is InChI=1S/C9H20N2O/c1-7(8(2)12-4)11(3)9-5-10-6-9/h7-10H,5-6H2,1-4H3. The van der Waals surface area contributed by atoms with E-state index in [1.807, 2.05) is 0 Å². The van der Waals surface area contributed by atoms with E-state index in [-0.39, 0.29) is 0 Å². The number of ether oxygens (including phenoxy) is 1. The molecule has 1 heterocycles. The maximum atomic E-state index is 5.29. The topological polar surface area (TPSA) is 24.5 Å². The van der Waals surface area contributed by atoms with E-state index in [4.69, 9.17) is 4.74 Å². The summed E-state index contributed by atoms with van der Waals surface area (Å²) < 4.78 is 5.29. The first-order chi connectivity index (χ1) is 5.66. The molecule has 1 saturated heterocycles. The highest BCUT2D eigenvalue weighted by Crippen LogP contribution is 2.11. The fraction of sp³-hybridized carbons (Fsp3) is 1.00. The van der Waals surface area contributed by atoms with Crippen molar-refractivity contribution in [2.45, 2.75) is 32.0 Å². The Hall–Kier alpha value is -0.120. The van der Waals surface area contributed by atoms with E-state index in [0.29, 0.717) is 18.2 Å². The van der Waals surface area contributed by atoms with Crippen LogP contribution in [-0.4, -0.2) is 50.3 Å². The molecule has 0 aromatic carbocycles. The zero-order chi connectivity index (χ0) is 9.14. The van der Waals surface area contributed by atoms with Crippen LogP contribution in [-0.2, 0) is 4.74 Å². The summed E-state index contributed by atoms with van der Waals surface area (Å²) in [4.78, 5) is 2.39. The predicted molar refractivity (Wildman–Crippen MR) is 50.4 cm³/mol. The van der Waals surface area contributed by atoms with Gasteiger partial charge in [-0.25, -0.2) is 0 Å². The van der Waals surface area contributed by atoms with Crippen molar-refractivity contribution < 1.29 is 4.74 Å². The highest BCUT2D eigenvalue weighted by atomic mass is 16.5. The number of nitrogens with one attached hydrogen (secondary N) is 1. The van der Waals surface area contributed by atoms with Crippen molar-refractivity contribution in [1.29, 1.82) is 0 Å². The van der Waals surface area contributed by atoms with Gasteiger partial charge < -0.3 is 10.1 Å². The lowest BCUT2D eigenvalue weighted by Crippen LogP contribution is -2.59. The molecule has 2 unspecified atom stereocenters. The van der Waals surface area contributed by atoms with Crippen LogP contribution < -0.4 is 5.32 Å². The van der Waals surface area contributed by atoms with Gasteiger partial charge in [0.1, 0.15) is 0 Å². The van der Waals surface area contributed by atoms with Crippen LogP contribution >= 0.6 is 0 Å². The van der Waals surface area contributed by atoms with Crippen LogP contribution in [0.15, 0.2) is 0 Å². The van der Waals surface area contributed by atoms with Crippen LogP contribution in [0.1, 0.15) is 13.8 Å². The molecule has 1 aliphatic rings. The minimum Gasteiger partial charge on any atom is -0.380 e. The largest absolute Gasteiger partial charge is 0.380 e. The molecule has 2 atom stereocenters. The summed E-state index contributed by atoms with van der Waals surface area (Å²) in [5.74, 6) is 0. The van der Waals surface area contributed by atoms with E-state index in [0.717, 1.165) is 13.1 Å². The highest BCUT2D eigenvalue weighted by molar-refractivity contribution is 4.86. The Balaban J connectivity index is 2.33. The number of hydrogen-bond acceptors (Lipinski definition) is 3. The quantitative estimate of drug-likeness (QED) is 0.660. The molecule has 72 valence electrons. The van der Waals surface area contributed by atoms with E-state index in [1.54, 1.807) is 7.11 Å². The van der Waals surface area contributed by atoms with Gasteiger partial charge in [-0.3, -0.25) is 4.90 Å². The molecule has 0 bridgehead atoms. The molecule has 0 aliphatic carbocycles. The van der Waals surface area contributed by atoms with Crippen LogP contribution in [0.5, 0.6) is 0 Å². The predicted octanol–water partition coefficient (Wildman–Crippen LogP) is 0.313. The Morgan fingerprint density at radius 1 is 1.42 bits per heavy atom. The summed E-state index contributed by atoms with van der Waals surface area (Å²) in [5.41, 5.74) is 0. The van der Waals surface area contributed by atoms with Gasteiger partial charge in [0.15, 0.2) is 0 Å². The first-order valence-corrected chi connectivity index (χ1v) is 4.62. The molecular formula is C9H20N2O. The molecule has 1 rings (SSSR count). The fourth-order valence-corrected chi connectivity index (χ4v) is 1.42. The number of likely N-dealkylation sites (N-methyl/N-ethyl adjacent to an activating group) is 1. The average molecular weight is 172 g/mol. The van der Waals surface area contributed by atoms with Crippen molar-refractivity contribution in [3.8, 4) is 0 Å². The number of nitrogens with zero attached hydrogens (tertiary/aromatic N) is 1. The van der Waals surface area contributed by atoms with Gasteiger partial charge in [-0.1, -0.05) is 0 Å². The zero-order valence-electron chi connectivity index (χ0n) is 8.50. The summed E-state index contributed by atoms with van der Waals surface area (Å²) in [6.07, 6.45) is 0.315. The van der Waals surface area contributed by atoms with Crippen molar-refractivity contribution >= 4 is 0 Å². The Bertz CT molecular complexity index is 128. The SMILES string of the molecule is COC(C)C(C)N(C)C1CNC1. The summed E-state index contributed by atoms with van der Waals surface area (Å²) in [5, 5.41) is 3.27. The Morgan fingerprint density at radius 3 is 2.33 bits per heavy atom. The lowest BCUT2D eigenvalue weighted by Gasteiger charge is -2.40. The van der Waals surface area contributed by atoms with Crippen molar-refractivity contribution in [1.82, 2.24) is 10.2 Å². The van der Waals surface area contributed by atoms with Crippen LogP contribution in [0.4, 0.5) is 0 Å². The third kappa shape index (κ3) is 1.97. The molecule has 12 heavy (non-hydrogen) atoms. The third-order valence-corrected chi connectivity index (χ3v) is 3.03. The molecule has 1 aliphatic heterocycles. The van der Waals surface area contributed by atoms with E-state index < -0.39 is 0 Å². The molecule has 0 saturated carbocycles. The van der Waals surface area contributed by atoms with Gasteiger partial charge in [-0.15, -0.1) is 0 Å². The second kappa shape index (κ2) is 4.21. The molecule has 0 aromatic heterocycles. The highest BCUT2D eigenvalue weighted by Gasteiger charge is 2.27. The van der Waals surface area contributed by atoms with Gasteiger partial charge in [0.2, 0.25) is 0 Å². The number of hydrogen-bond donors (Lipinski definition) is 1. The summed E-state index contributed by atoms with van der Waals surface area (Å²) >= 11 is 0. The molecule has 1 N–H and O–H groups in total. The lowest BCUT2D eigenvalue weighted by molar-refractivity contribution is 0.0166. The van der Waals surface area contributed by atoms with E-state index in [1.165, 1.54) is 0 Å². The van der Waals surface area contributed by atoms with Crippen molar-refractivity contribution in [3.63, 3.8) is 0 Å². The van der Waals surface area contributed by atoms with E-state index in [9.17, 15) is 0 Å². The van der Waals surface area contributed by atoms with Crippen molar-refractivity contribution in [2.24, 2.45) is 0 Å². The Kier molecular flexibility index (Phi) is 3.50. The third-order valence-electron chi connectivity index (χ3n) is 3.03. The number of methoxy groups -OCH3 is 1. The molecule has 0 radical (unpaired) electrons. The fourth-order valence-electron chi connectivity index (χ4n) is 1.42. The molecule has 3 heteroatoms. The Labute approximate surface area is 75.1 Å². The lowest BCUT2D eigenvalue weighted by atomic mass is 10.1. The average Bonchev–Trinajstić information content (AvgIpc) is 1.98. The molecule has 0 aromatic rings. The summed E-state index contributed by atoms with van der Waals surface area (Å²) in [7, 11) is 3.94. The minimum atomic E-state index is 0.315. The van der Waals surface area contributed by atoms with Gasteiger partial charge in [0.05, 0.1) is 6.10 Å². The van der Waals surface area contributed by atoms with Crippen molar-refractivity contribution in [2.75, 3.05) is 27.2 Å². The number of rotatable bonds is 4. The molecule has 3 nitrogen and oxygen atoms in total. The Morgan fingerprint density at radius 2 is 2.00 bits per heavy atom. The van der Waals surface area contributed by atoms with Gasteiger partial charge in [-0.2, -0.15) is 0 Å². The first-order valence-electron chi connectivity index (χ1n) is 4.62. The maximum Gasteiger partial charge on any atom is 0.0695 e. The van der Waals surface area contributed by atoms with Gasteiger partial charge in [0.25, 0.3) is 0 Å². The van der Waals surface area contributed by atoms with Gasteiger partial charge in [0, 0.05) is 32.3 Å². The maximum absolute atomic E-state index is 5.29. The zero-order valence-corrected chi connectivity index (χ0v) is 8.50. The first kappa shape index (κ1) is 9.96. The normalized spacial score (nSPS) is 23.8. The van der Waals surface area contributed by atoms with E-state index in [2.05, 4.69) is 31.1 Å². The molecular weight excluding hydrogens is 152 g/mol.